The number of aliphatic hydroxyl groups excluding tert-OH is 1. The summed E-state index contributed by atoms with van der Waals surface area (Å²) in [5.74, 6) is 4.87. The van der Waals surface area contributed by atoms with Gasteiger partial charge in [-0.05, 0) is 55.0 Å². The molecule has 0 unspecified atom stereocenters. The molecule has 3 N–H and O–H groups in total. The van der Waals surface area contributed by atoms with E-state index in [2.05, 4.69) is 15.1 Å². The van der Waals surface area contributed by atoms with Crippen LogP contribution in [0.5, 0.6) is 17.2 Å². The van der Waals surface area contributed by atoms with Gasteiger partial charge in [-0.25, -0.2) is 0 Å². The number of nitrogens with zero attached hydrogens (tertiary/aromatic N) is 2. The summed E-state index contributed by atoms with van der Waals surface area (Å²) in [4.78, 5) is 10.8. The number of aromatic nitrogens is 2. The monoisotopic (exact) mass is 469 g/mol. The molecular formula is C24H27N3O7. The average Bonchev–Trinajstić information content (AvgIpc) is 3.61. The summed E-state index contributed by atoms with van der Waals surface area (Å²) < 4.78 is 23.0. The summed E-state index contributed by atoms with van der Waals surface area (Å²) in [6.45, 7) is 2.71. The molecule has 180 valence electrons. The number of hydrogen-bond acceptors (Lipinski definition) is 8. The number of carbonyl (C=O) groups is 1. The van der Waals surface area contributed by atoms with Crippen LogP contribution in [0.1, 0.15) is 18.6 Å². The standard InChI is InChI=1S/C23H25N3O5.CH2O2/c27-19-7-14-10-26(12-17-2-3-20(31-17)18-5-6-24-25-18)11-15(14)8-22(19)30-16-1-4-21-23(9-16)29-13-28-21;2-1-3/h1-6,9,14-15,19,22,27H,7-8,10-13H2,(H,24,25);1H,(H,2,3)/t14-,15+,19+,22+;/m0./s1. The van der Waals surface area contributed by atoms with Crippen LogP contribution in [0.3, 0.4) is 0 Å². The second-order valence-electron chi connectivity index (χ2n) is 8.77. The number of aliphatic hydroxyl groups is 1. The second kappa shape index (κ2) is 9.78. The van der Waals surface area contributed by atoms with Crippen molar-refractivity contribution in [2.24, 2.45) is 11.8 Å². The van der Waals surface area contributed by atoms with Gasteiger partial charge in [0.15, 0.2) is 17.3 Å². The van der Waals surface area contributed by atoms with Crippen molar-refractivity contribution in [3.63, 3.8) is 0 Å². The van der Waals surface area contributed by atoms with Crippen LogP contribution in [0.4, 0.5) is 0 Å². The molecule has 2 fully saturated rings. The van der Waals surface area contributed by atoms with Gasteiger partial charge in [0.05, 0.1) is 12.6 Å². The minimum absolute atomic E-state index is 0.211. The molecule has 4 atom stereocenters. The van der Waals surface area contributed by atoms with E-state index in [0.29, 0.717) is 23.3 Å². The van der Waals surface area contributed by atoms with E-state index in [9.17, 15) is 5.11 Å². The van der Waals surface area contributed by atoms with Crippen LogP contribution < -0.4 is 14.2 Å². The van der Waals surface area contributed by atoms with E-state index in [1.165, 1.54) is 0 Å². The quantitative estimate of drug-likeness (QED) is 0.483. The van der Waals surface area contributed by atoms with E-state index in [4.69, 9.17) is 28.5 Å². The van der Waals surface area contributed by atoms with Gasteiger partial charge in [-0.1, -0.05) is 0 Å². The Kier molecular flexibility index (Phi) is 6.41. The van der Waals surface area contributed by atoms with Crippen LogP contribution in [-0.2, 0) is 11.3 Å². The fraction of sp³-hybridized carbons (Fsp3) is 0.417. The van der Waals surface area contributed by atoms with Crippen LogP contribution >= 0.6 is 0 Å². The SMILES string of the molecule is O=CO.O[C@@H]1C[C@H]2CN(Cc3ccc(-c4ccn[nH]4)o3)C[C@H]2C[C@H]1Oc1ccc2c(c1)OCO2. The predicted molar refractivity (Wildman–Crippen MR) is 119 cm³/mol. The van der Waals surface area contributed by atoms with Gasteiger partial charge in [0.2, 0.25) is 6.79 Å². The third kappa shape index (κ3) is 4.73. The number of aromatic amines is 1. The number of fused-ring (bicyclic) bond motifs is 2. The van der Waals surface area contributed by atoms with Gasteiger partial charge in [-0.2, -0.15) is 5.10 Å². The lowest BCUT2D eigenvalue weighted by molar-refractivity contribution is -0.122. The molecule has 0 amide bonds. The highest BCUT2D eigenvalue weighted by molar-refractivity contribution is 5.51. The number of H-pyrrole nitrogens is 1. The minimum atomic E-state index is -0.470. The fourth-order valence-electron chi connectivity index (χ4n) is 5.09. The Balaban J connectivity index is 0.000000764. The lowest BCUT2D eigenvalue weighted by atomic mass is 9.78. The molecule has 2 aromatic heterocycles. The van der Waals surface area contributed by atoms with E-state index in [1.807, 2.05) is 36.4 Å². The van der Waals surface area contributed by atoms with Crippen LogP contribution in [0.15, 0.2) is 47.0 Å². The first kappa shape index (κ1) is 22.3. The fourth-order valence-corrected chi connectivity index (χ4v) is 5.09. The summed E-state index contributed by atoms with van der Waals surface area (Å²) in [7, 11) is 0. The highest BCUT2D eigenvalue weighted by Gasteiger charge is 2.42. The van der Waals surface area contributed by atoms with Gasteiger partial charge < -0.3 is 28.8 Å². The number of nitrogens with one attached hydrogen (secondary N) is 1. The maximum Gasteiger partial charge on any atom is 0.290 e. The second-order valence-corrected chi connectivity index (χ2v) is 8.77. The van der Waals surface area contributed by atoms with Crippen molar-refractivity contribution >= 4 is 6.47 Å². The van der Waals surface area contributed by atoms with Gasteiger partial charge in [-0.3, -0.25) is 14.8 Å². The number of carboxylic acid groups (broad SMARTS) is 1. The zero-order valence-corrected chi connectivity index (χ0v) is 18.5. The van der Waals surface area contributed by atoms with Gasteiger partial charge >= 0.3 is 0 Å². The molecule has 0 spiro atoms. The number of furan rings is 1. The molecule has 1 aromatic carbocycles. The maximum atomic E-state index is 10.7. The highest BCUT2D eigenvalue weighted by Crippen LogP contribution is 2.40. The summed E-state index contributed by atoms with van der Waals surface area (Å²) in [6.07, 6.45) is 2.64. The third-order valence-corrected chi connectivity index (χ3v) is 6.60. The largest absolute Gasteiger partial charge is 0.488 e. The molecule has 1 aliphatic carbocycles. The van der Waals surface area contributed by atoms with Crippen molar-refractivity contribution in [1.29, 1.82) is 0 Å². The molecule has 1 saturated carbocycles. The van der Waals surface area contributed by atoms with E-state index in [-0.39, 0.29) is 19.4 Å². The molecule has 10 nitrogen and oxygen atoms in total. The van der Waals surface area contributed by atoms with Crippen LogP contribution in [-0.4, -0.2) is 63.9 Å². The molecule has 1 saturated heterocycles. The molecule has 0 bridgehead atoms. The van der Waals surface area contributed by atoms with E-state index in [0.717, 1.165) is 55.4 Å². The molecular weight excluding hydrogens is 442 g/mol. The molecule has 0 radical (unpaired) electrons. The molecule has 6 rings (SSSR count). The summed E-state index contributed by atoms with van der Waals surface area (Å²) in [5.41, 5.74) is 0.882. The Morgan fingerprint density at radius 2 is 1.91 bits per heavy atom. The average molecular weight is 469 g/mol. The van der Waals surface area contributed by atoms with Crippen LogP contribution in [0.25, 0.3) is 11.5 Å². The first-order valence-corrected chi connectivity index (χ1v) is 11.3. The van der Waals surface area contributed by atoms with E-state index in [1.54, 1.807) is 6.20 Å². The highest BCUT2D eigenvalue weighted by atomic mass is 16.7. The van der Waals surface area contributed by atoms with Crippen molar-refractivity contribution in [3.8, 4) is 28.7 Å². The lowest BCUT2D eigenvalue weighted by Crippen LogP contribution is -2.42. The Morgan fingerprint density at radius 3 is 2.71 bits per heavy atom. The Morgan fingerprint density at radius 1 is 1.12 bits per heavy atom. The molecule has 10 heteroatoms. The number of rotatable bonds is 5. The molecule has 2 aliphatic heterocycles. The predicted octanol–water partition coefficient (Wildman–Crippen LogP) is 2.75. The summed E-state index contributed by atoms with van der Waals surface area (Å²) in [6, 6.07) is 11.5. The topological polar surface area (TPSA) is 130 Å². The zero-order valence-electron chi connectivity index (χ0n) is 18.5. The van der Waals surface area contributed by atoms with Gasteiger partial charge in [0.1, 0.15) is 23.3 Å². The van der Waals surface area contributed by atoms with Gasteiger partial charge in [-0.15, -0.1) is 0 Å². The van der Waals surface area contributed by atoms with Crippen LogP contribution in [0.2, 0.25) is 0 Å². The lowest BCUT2D eigenvalue weighted by Gasteiger charge is -2.35. The number of ether oxygens (including phenoxy) is 3. The van der Waals surface area contributed by atoms with Crippen molar-refractivity contribution < 1.29 is 33.6 Å². The first-order valence-electron chi connectivity index (χ1n) is 11.3. The number of benzene rings is 1. The van der Waals surface area contributed by atoms with Gasteiger partial charge in [0, 0.05) is 25.4 Å². The molecule has 4 heterocycles. The molecule has 34 heavy (non-hydrogen) atoms. The van der Waals surface area contributed by atoms with E-state index < -0.39 is 6.10 Å². The molecule has 3 aliphatic rings. The number of hydrogen-bond donors (Lipinski definition) is 3. The van der Waals surface area contributed by atoms with Crippen molar-refractivity contribution in [3.05, 3.63) is 48.4 Å². The van der Waals surface area contributed by atoms with Gasteiger partial charge in [0.25, 0.3) is 6.47 Å². The van der Waals surface area contributed by atoms with E-state index >= 15 is 0 Å². The zero-order chi connectivity index (χ0) is 23.5. The normalized spacial score (nSPS) is 25.3. The Labute approximate surface area is 196 Å². The van der Waals surface area contributed by atoms with Crippen molar-refractivity contribution in [1.82, 2.24) is 15.1 Å². The summed E-state index contributed by atoms with van der Waals surface area (Å²) >= 11 is 0. The Bertz CT molecular complexity index is 1100. The van der Waals surface area contributed by atoms with Crippen molar-refractivity contribution in [2.75, 3.05) is 19.9 Å². The minimum Gasteiger partial charge on any atom is -0.488 e. The van der Waals surface area contributed by atoms with Crippen molar-refractivity contribution in [2.45, 2.75) is 31.6 Å². The first-order chi connectivity index (χ1) is 16.6. The van der Waals surface area contributed by atoms with Crippen LogP contribution in [0, 0.1) is 11.8 Å². The Hall–Kier alpha value is -3.50. The molecule has 3 aromatic rings. The number of likely N-dealkylation sites (tertiary alicyclic amines) is 1. The smallest absolute Gasteiger partial charge is 0.290 e. The third-order valence-electron chi connectivity index (χ3n) is 6.60. The maximum absolute atomic E-state index is 10.7. The summed E-state index contributed by atoms with van der Waals surface area (Å²) in [5, 5.41) is 24.5.